The fourth-order valence-corrected chi connectivity index (χ4v) is 10.4. The Hall–Kier alpha value is -5.10. The van der Waals surface area contributed by atoms with E-state index < -0.39 is 41.1 Å². The lowest BCUT2D eigenvalue weighted by Gasteiger charge is -2.45. The fourth-order valence-electron chi connectivity index (χ4n) is 9.55. The molecule has 358 valence electrons. The third-order valence-corrected chi connectivity index (χ3v) is 13.7. The number of carbonyl (C=O) groups excluding carboxylic acids is 3. The van der Waals surface area contributed by atoms with Crippen LogP contribution in [-0.2, 0) is 48.0 Å². The number of anilines is 1. The molecular weight excluding hydrogens is 861 g/mol. The van der Waals surface area contributed by atoms with Gasteiger partial charge >= 0.3 is 18.0 Å². The van der Waals surface area contributed by atoms with Gasteiger partial charge in [0.05, 0.1) is 46.7 Å². The van der Waals surface area contributed by atoms with Gasteiger partial charge in [0.2, 0.25) is 0 Å². The first-order valence-corrected chi connectivity index (χ1v) is 24.3. The molecule has 3 unspecified atom stereocenters. The van der Waals surface area contributed by atoms with E-state index in [1.807, 2.05) is 18.5 Å². The second-order valence-electron chi connectivity index (χ2n) is 19.7. The Balaban J connectivity index is 1.29. The van der Waals surface area contributed by atoms with Gasteiger partial charge in [0.1, 0.15) is 17.7 Å². The number of aromatic nitrogens is 3. The Morgan fingerprint density at radius 2 is 1.82 bits per heavy atom. The Labute approximate surface area is 392 Å². The number of piperazine rings is 1. The van der Waals surface area contributed by atoms with Crippen molar-refractivity contribution in [2.24, 2.45) is 5.41 Å². The van der Waals surface area contributed by atoms with Crippen molar-refractivity contribution in [2.75, 3.05) is 51.3 Å². The van der Waals surface area contributed by atoms with E-state index in [0.717, 1.165) is 70.8 Å². The molecule has 4 aromatic rings. The predicted molar refractivity (Wildman–Crippen MR) is 255 cm³/mol. The minimum absolute atomic E-state index is 0.0620. The molecule has 3 N–H and O–H groups in total. The minimum Gasteiger partial charge on any atom is -0.480 e. The molecule has 3 aliphatic heterocycles. The highest BCUT2D eigenvalue weighted by Crippen LogP contribution is 2.43. The second-order valence-corrected chi connectivity index (χ2v) is 20.7. The van der Waals surface area contributed by atoms with Gasteiger partial charge in [-0.1, -0.05) is 26.3 Å². The number of carboxylic acids is 1. The van der Waals surface area contributed by atoms with Crippen molar-refractivity contribution in [1.29, 1.82) is 0 Å². The highest BCUT2D eigenvalue weighted by atomic mass is 32.1. The number of esters is 1. The van der Waals surface area contributed by atoms with Crippen LogP contribution in [0.15, 0.2) is 35.8 Å². The van der Waals surface area contributed by atoms with Crippen molar-refractivity contribution < 1.29 is 38.5 Å². The number of thiazole rings is 1. The van der Waals surface area contributed by atoms with E-state index in [4.69, 9.17) is 24.2 Å². The lowest BCUT2D eigenvalue weighted by Crippen LogP contribution is -2.60. The number of hydrogen-bond acceptors (Lipinski definition) is 13. The molecule has 16 nitrogen and oxygen atoms in total. The van der Waals surface area contributed by atoms with E-state index in [0.29, 0.717) is 49.1 Å². The maximum Gasteiger partial charge on any atom is 0.408 e. The van der Waals surface area contributed by atoms with Gasteiger partial charge in [0.15, 0.2) is 0 Å². The number of carbonyl (C=O) groups is 4. The standard InChI is InChI=1S/C49H68N8O8S/c1-10-56-41-17-16-32(40-28-66-42(51-40)24-39(52-47(62)65-48(4,5)6)45(59)57-19-13-15-38(53-57)46(60)61)22-35(41)37(25-49(7,8)29-64-31(3)58)44(56)36-23-34(26-50-43(36)30(2)63-9)55-21-20-54-18-12-11-14-33(54)27-55/h16-17,22-23,26,28,30,33,38-39,53H,10-15,18-21,24-25,27,29H2,1-9H3,(H,52,62)(H,60,61)/t30-,33?,38?,39?/m0/s1. The summed E-state index contributed by atoms with van der Waals surface area (Å²) in [6, 6.07) is 7.21. The lowest BCUT2D eigenvalue weighted by molar-refractivity contribution is -0.148. The highest BCUT2D eigenvalue weighted by molar-refractivity contribution is 7.10. The molecule has 0 saturated carbocycles. The number of piperidine rings is 1. The molecule has 0 spiro atoms. The number of aryl methyl sites for hydroxylation is 1. The Kier molecular flexibility index (Phi) is 15.1. The molecule has 2 amide bonds. The number of hydrazine groups is 1. The molecule has 0 bridgehead atoms. The molecule has 3 saturated heterocycles. The van der Waals surface area contributed by atoms with Crippen LogP contribution in [0.3, 0.4) is 0 Å². The van der Waals surface area contributed by atoms with Crippen LogP contribution in [0.1, 0.15) is 110 Å². The molecule has 3 aliphatic rings. The lowest BCUT2D eigenvalue weighted by atomic mass is 9.84. The number of benzene rings is 1. The number of ether oxygens (including phenoxy) is 3. The Bertz CT molecular complexity index is 2410. The van der Waals surface area contributed by atoms with Gasteiger partial charge in [-0.05, 0) is 97.0 Å². The third-order valence-electron chi connectivity index (χ3n) is 12.9. The minimum atomic E-state index is -1.08. The van der Waals surface area contributed by atoms with E-state index in [-0.39, 0.29) is 25.1 Å². The van der Waals surface area contributed by atoms with Gasteiger partial charge in [-0.3, -0.25) is 29.3 Å². The maximum atomic E-state index is 14.0. The summed E-state index contributed by atoms with van der Waals surface area (Å²) in [5.74, 6) is -1.85. The quantitative estimate of drug-likeness (QED) is 0.101. The highest BCUT2D eigenvalue weighted by Gasteiger charge is 2.35. The molecule has 1 aromatic carbocycles. The molecule has 66 heavy (non-hydrogen) atoms. The summed E-state index contributed by atoms with van der Waals surface area (Å²) in [5, 5.41) is 17.3. The van der Waals surface area contributed by atoms with Crippen LogP contribution < -0.4 is 15.6 Å². The summed E-state index contributed by atoms with van der Waals surface area (Å²) in [5.41, 5.74) is 9.29. The topological polar surface area (TPSA) is 181 Å². The molecule has 3 aromatic heterocycles. The van der Waals surface area contributed by atoms with Crippen LogP contribution in [0.4, 0.5) is 10.5 Å². The van der Waals surface area contributed by atoms with Crippen LogP contribution in [0.5, 0.6) is 0 Å². The van der Waals surface area contributed by atoms with Crippen molar-refractivity contribution >= 4 is 51.9 Å². The molecule has 6 heterocycles. The largest absolute Gasteiger partial charge is 0.480 e. The summed E-state index contributed by atoms with van der Waals surface area (Å²) in [7, 11) is 1.71. The molecule has 17 heteroatoms. The summed E-state index contributed by atoms with van der Waals surface area (Å²) in [6.07, 6.45) is 6.21. The van der Waals surface area contributed by atoms with Crippen molar-refractivity contribution in [3.05, 3.63) is 52.1 Å². The van der Waals surface area contributed by atoms with E-state index in [1.54, 1.807) is 27.9 Å². The fraction of sp³-hybridized carbons (Fsp3) is 0.592. The van der Waals surface area contributed by atoms with E-state index in [9.17, 15) is 24.3 Å². The number of carboxylic acid groups (broad SMARTS) is 1. The average molecular weight is 929 g/mol. The number of pyridine rings is 1. The van der Waals surface area contributed by atoms with Gasteiger partial charge < -0.3 is 34.1 Å². The maximum absolute atomic E-state index is 14.0. The van der Waals surface area contributed by atoms with Crippen molar-refractivity contribution in [3.8, 4) is 22.5 Å². The van der Waals surface area contributed by atoms with Gasteiger partial charge in [-0.2, -0.15) is 0 Å². The Morgan fingerprint density at radius 1 is 1.03 bits per heavy atom. The monoisotopic (exact) mass is 928 g/mol. The van der Waals surface area contributed by atoms with E-state index in [1.165, 1.54) is 42.5 Å². The first-order chi connectivity index (χ1) is 31.3. The normalized spacial score (nSPS) is 19.3. The number of nitrogens with one attached hydrogen (secondary N) is 2. The third kappa shape index (κ3) is 11.3. The van der Waals surface area contributed by atoms with Crippen LogP contribution in [-0.4, -0.2) is 124 Å². The zero-order valence-electron chi connectivity index (χ0n) is 40.1. The first-order valence-electron chi connectivity index (χ1n) is 23.4. The van der Waals surface area contributed by atoms with Crippen molar-refractivity contribution in [3.63, 3.8) is 0 Å². The van der Waals surface area contributed by atoms with Gasteiger partial charge in [0.25, 0.3) is 5.91 Å². The van der Waals surface area contributed by atoms with Crippen LogP contribution >= 0.6 is 11.3 Å². The SMILES string of the molecule is CCn1c(-c2cc(N3CCN4CCCCC4C3)cnc2[C@H](C)OC)c(CC(C)(C)COC(C)=O)c2cc(-c3csc(CC(NC(=O)OC(C)(C)C)C(=O)N4CCCC(C(=O)O)N4)n3)ccc21. The van der Waals surface area contributed by atoms with Gasteiger partial charge in [-0.25, -0.2) is 15.2 Å². The average Bonchev–Trinajstić information content (AvgIpc) is 3.88. The number of methoxy groups -OCH3 is 1. The van der Waals surface area contributed by atoms with Crippen molar-refractivity contribution in [1.82, 2.24) is 35.2 Å². The molecular formula is C49H68N8O8S. The molecule has 7 rings (SSSR count). The summed E-state index contributed by atoms with van der Waals surface area (Å²) < 4.78 is 19.5. The number of aliphatic carboxylic acids is 1. The van der Waals surface area contributed by atoms with Gasteiger partial charge in [-0.15, -0.1) is 11.3 Å². The number of hydrogen-bond donors (Lipinski definition) is 3. The molecule has 0 aliphatic carbocycles. The summed E-state index contributed by atoms with van der Waals surface area (Å²) in [4.78, 5) is 66.3. The van der Waals surface area contributed by atoms with E-state index in [2.05, 4.69) is 70.1 Å². The summed E-state index contributed by atoms with van der Waals surface area (Å²) >= 11 is 1.38. The molecule has 4 atom stereocenters. The van der Waals surface area contributed by atoms with E-state index >= 15 is 0 Å². The summed E-state index contributed by atoms with van der Waals surface area (Å²) in [6.45, 7) is 20.4. The second kappa shape index (κ2) is 20.4. The molecule has 3 fully saturated rings. The number of fused-ring (bicyclic) bond motifs is 2. The van der Waals surface area contributed by atoms with Crippen LogP contribution in [0.2, 0.25) is 0 Å². The smallest absolute Gasteiger partial charge is 0.408 e. The number of alkyl carbamates (subject to hydrolysis) is 1. The molecule has 0 radical (unpaired) electrons. The zero-order valence-corrected chi connectivity index (χ0v) is 40.9. The number of nitrogens with zero attached hydrogens (tertiary/aromatic N) is 6. The van der Waals surface area contributed by atoms with Crippen LogP contribution in [0, 0.1) is 5.41 Å². The first kappa shape index (κ1) is 48.8. The number of amides is 2. The zero-order chi connectivity index (χ0) is 47.5. The van der Waals surface area contributed by atoms with Crippen molar-refractivity contribution in [2.45, 2.75) is 137 Å². The number of rotatable bonds is 15. The van der Waals surface area contributed by atoms with Gasteiger partial charge in [0, 0.05) is 92.0 Å². The van der Waals surface area contributed by atoms with Crippen LogP contribution in [0.25, 0.3) is 33.4 Å². The predicted octanol–water partition coefficient (Wildman–Crippen LogP) is 7.38. The Morgan fingerprint density at radius 3 is 2.53 bits per heavy atom.